The molecule has 0 saturated carbocycles. The summed E-state index contributed by atoms with van der Waals surface area (Å²) in [5.74, 6) is 0.532. The summed E-state index contributed by atoms with van der Waals surface area (Å²) in [4.78, 5) is 14.9. The Bertz CT molecular complexity index is 1170. The number of sulfonamides is 1. The molecule has 1 saturated heterocycles. The van der Waals surface area contributed by atoms with Crippen LogP contribution >= 0.6 is 0 Å². The molecule has 0 aromatic heterocycles. The van der Waals surface area contributed by atoms with Crippen LogP contribution in [-0.4, -0.2) is 52.0 Å². The number of anilines is 1. The zero-order valence-electron chi connectivity index (χ0n) is 17.9. The number of nitrogens with zero attached hydrogens (tertiary/aromatic N) is 3. The first-order valence-electron chi connectivity index (χ1n) is 10.6. The van der Waals surface area contributed by atoms with Crippen LogP contribution in [0.2, 0.25) is 0 Å². The molecule has 9 heteroatoms. The minimum Gasteiger partial charge on any atom is -0.493 e. The van der Waals surface area contributed by atoms with Crippen molar-refractivity contribution in [2.75, 3.05) is 38.3 Å². The molecule has 0 radical (unpaired) electrons. The van der Waals surface area contributed by atoms with Gasteiger partial charge < -0.3 is 14.4 Å². The summed E-state index contributed by atoms with van der Waals surface area (Å²) in [5.41, 5.74) is 2.00. The number of fused-ring (bicyclic) bond motifs is 1. The van der Waals surface area contributed by atoms with Crippen molar-refractivity contribution in [3.05, 3.63) is 47.5 Å². The number of hydrogen-bond acceptors (Lipinski definition) is 6. The molecule has 2 aliphatic rings. The Balaban J connectivity index is 1.51. The maximum atomic E-state index is 12.9. The number of hydrogen-bond donors (Lipinski definition) is 0. The fourth-order valence-electron chi connectivity index (χ4n) is 4.14. The second kappa shape index (κ2) is 9.18. The molecule has 0 spiro atoms. The highest BCUT2D eigenvalue weighted by atomic mass is 32.2. The molecular formula is C23H25N3O5S. The number of rotatable bonds is 6. The molecule has 32 heavy (non-hydrogen) atoms. The van der Waals surface area contributed by atoms with Crippen molar-refractivity contribution in [3.63, 3.8) is 0 Å². The maximum Gasteiger partial charge on any atom is 0.264 e. The van der Waals surface area contributed by atoms with Gasteiger partial charge in [0, 0.05) is 31.4 Å². The van der Waals surface area contributed by atoms with Crippen molar-refractivity contribution in [2.24, 2.45) is 0 Å². The molecule has 4 rings (SSSR count). The number of methoxy groups -OCH3 is 1. The highest BCUT2D eigenvalue weighted by molar-refractivity contribution is 7.89. The van der Waals surface area contributed by atoms with Gasteiger partial charge >= 0.3 is 0 Å². The molecule has 0 unspecified atom stereocenters. The van der Waals surface area contributed by atoms with Gasteiger partial charge in [-0.15, -0.1) is 0 Å². The summed E-state index contributed by atoms with van der Waals surface area (Å²) in [6.45, 7) is 1.45. The Kier molecular flexibility index (Phi) is 6.35. The topological polar surface area (TPSA) is 99.9 Å². The Labute approximate surface area is 188 Å². The minimum atomic E-state index is -3.50. The van der Waals surface area contributed by atoms with Gasteiger partial charge in [0.15, 0.2) is 18.1 Å². The summed E-state index contributed by atoms with van der Waals surface area (Å²) in [6.07, 6.45) is 3.23. The third-order valence-electron chi connectivity index (χ3n) is 5.82. The van der Waals surface area contributed by atoms with E-state index in [0.29, 0.717) is 43.1 Å². The predicted molar refractivity (Wildman–Crippen MR) is 118 cm³/mol. The predicted octanol–water partition coefficient (Wildman–Crippen LogP) is 2.71. The van der Waals surface area contributed by atoms with Crippen LogP contribution in [0.4, 0.5) is 5.69 Å². The van der Waals surface area contributed by atoms with E-state index >= 15 is 0 Å². The molecule has 0 atom stereocenters. The van der Waals surface area contributed by atoms with Crippen LogP contribution in [-0.2, 0) is 21.2 Å². The number of carbonyl (C=O) groups excluding carboxylic acids is 1. The van der Waals surface area contributed by atoms with Gasteiger partial charge in [-0.05, 0) is 61.6 Å². The molecule has 2 aromatic rings. The van der Waals surface area contributed by atoms with Crippen molar-refractivity contribution < 1.29 is 22.7 Å². The summed E-state index contributed by atoms with van der Waals surface area (Å²) in [5, 5.41) is 9.01. The first kappa shape index (κ1) is 22.1. The van der Waals surface area contributed by atoms with Crippen molar-refractivity contribution >= 4 is 21.6 Å². The summed E-state index contributed by atoms with van der Waals surface area (Å²) in [7, 11) is -2.03. The van der Waals surface area contributed by atoms with E-state index in [9.17, 15) is 13.2 Å². The third kappa shape index (κ3) is 4.29. The molecule has 168 valence electrons. The van der Waals surface area contributed by atoms with Crippen LogP contribution in [0.15, 0.2) is 41.3 Å². The van der Waals surface area contributed by atoms with E-state index in [1.165, 1.54) is 11.4 Å². The van der Waals surface area contributed by atoms with E-state index in [1.807, 2.05) is 6.07 Å². The lowest BCUT2D eigenvalue weighted by molar-refractivity contribution is -0.120. The van der Waals surface area contributed by atoms with Crippen molar-refractivity contribution in [2.45, 2.75) is 30.6 Å². The third-order valence-corrected chi connectivity index (χ3v) is 7.71. The molecular weight excluding hydrogens is 430 g/mol. The largest absolute Gasteiger partial charge is 0.493 e. The van der Waals surface area contributed by atoms with Gasteiger partial charge in [0.1, 0.15) is 0 Å². The lowest BCUT2D eigenvalue weighted by Crippen LogP contribution is -2.38. The highest BCUT2D eigenvalue weighted by Gasteiger charge is 2.30. The maximum absolute atomic E-state index is 12.9. The number of carbonyl (C=O) groups is 1. The molecule has 0 aliphatic carbocycles. The molecule has 0 N–H and O–H groups in total. The minimum absolute atomic E-state index is 0.199. The normalized spacial score (nSPS) is 16.3. The molecule has 2 aliphatic heterocycles. The fraction of sp³-hybridized carbons (Fsp3) is 0.391. The second-order valence-corrected chi connectivity index (χ2v) is 9.75. The van der Waals surface area contributed by atoms with Crippen LogP contribution in [0, 0.1) is 11.3 Å². The average Bonchev–Trinajstić information content (AvgIpc) is 3.37. The van der Waals surface area contributed by atoms with E-state index < -0.39 is 10.0 Å². The van der Waals surface area contributed by atoms with Crippen LogP contribution in [0.1, 0.15) is 30.4 Å². The number of nitriles is 1. The van der Waals surface area contributed by atoms with Gasteiger partial charge in [0.2, 0.25) is 10.0 Å². The number of amides is 1. The lowest BCUT2D eigenvalue weighted by atomic mass is 10.0. The van der Waals surface area contributed by atoms with E-state index in [1.54, 1.807) is 41.3 Å². The average molecular weight is 456 g/mol. The lowest BCUT2D eigenvalue weighted by Gasteiger charge is -2.30. The first-order valence-corrected chi connectivity index (χ1v) is 12.0. The zero-order valence-corrected chi connectivity index (χ0v) is 18.7. The smallest absolute Gasteiger partial charge is 0.264 e. The summed E-state index contributed by atoms with van der Waals surface area (Å²) >= 11 is 0. The standard InChI is InChI=1S/C23H25N3O5S/c1-30-22-13-17(15-24)6-9-21(22)31-16-23(27)26-12-4-5-18-14-19(7-8-20(18)26)32(28,29)25-10-2-3-11-25/h6-9,13-14H,2-5,10-12,16H2,1H3. The molecule has 1 amide bonds. The summed E-state index contributed by atoms with van der Waals surface area (Å²) < 4.78 is 38.2. The molecule has 2 heterocycles. The van der Waals surface area contributed by atoms with Crippen LogP contribution < -0.4 is 14.4 Å². The van der Waals surface area contributed by atoms with E-state index in [2.05, 4.69) is 0 Å². The van der Waals surface area contributed by atoms with Crippen molar-refractivity contribution in [3.8, 4) is 17.6 Å². The van der Waals surface area contributed by atoms with Crippen LogP contribution in [0.5, 0.6) is 11.5 Å². The summed E-state index contributed by atoms with van der Waals surface area (Å²) in [6, 6.07) is 11.8. The highest BCUT2D eigenvalue weighted by Crippen LogP contribution is 2.32. The first-order chi connectivity index (χ1) is 15.4. The Morgan fingerprint density at radius 1 is 1.06 bits per heavy atom. The number of ether oxygens (including phenoxy) is 2. The van der Waals surface area contributed by atoms with E-state index in [4.69, 9.17) is 14.7 Å². The Hall–Kier alpha value is -3.09. The molecule has 1 fully saturated rings. The monoisotopic (exact) mass is 455 g/mol. The Morgan fingerprint density at radius 2 is 1.84 bits per heavy atom. The number of benzene rings is 2. The van der Waals surface area contributed by atoms with Crippen molar-refractivity contribution in [1.82, 2.24) is 4.31 Å². The van der Waals surface area contributed by atoms with E-state index in [-0.39, 0.29) is 17.4 Å². The fourth-order valence-corrected chi connectivity index (χ4v) is 5.71. The quantitative estimate of drug-likeness (QED) is 0.664. The van der Waals surface area contributed by atoms with Gasteiger partial charge in [-0.3, -0.25) is 4.79 Å². The van der Waals surface area contributed by atoms with E-state index in [0.717, 1.165) is 30.5 Å². The number of aryl methyl sites for hydroxylation is 1. The van der Waals surface area contributed by atoms with Gasteiger partial charge in [0.05, 0.1) is 23.6 Å². The Morgan fingerprint density at radius 3 is 2.56 bits per heavy atom. The van der Waals surface area contributed by atoms with Crippen LogP contribution in [0.25, 0.3) is 0 Å². The van der Waals surface area contributed by atoms with Gasteiger partial charge in [-0.2, -0.15) is 9.57 Å². The van der Waals surface area contributed by atoms with Gasteiger partial charge in [-0.25, -0.2) is 8.42 Å². The zero-order chi connectivity index (χ0) is 22.7. The molecule has 2 aromatic carbocycles. The SMILES string of the molecule is COc1cc(C#N)ccc1OCC(=O)N1CCCc2cc(S(=O)(=O)N3CCCC3)ccc21. The van der Waals surface area contributed by atoms with Crippen LogP contribution in [0.3, 0.4) is 0 Å². The second-order valence-electron chi connectivity index (χ2n) is 7.82. The van der Waals surface area contributed by atoms with Gasteiger partial charge in [-0.1, -0.05) is 0 Å². The van der Waals surface area contributed by atoms with Gasteiger partial charge in [0.25, 0.3) is 5.91 Å². The molecule has 8 nitrogen and oxygen atoms in total. The molecule has 0 bridgehead atoms. The van der Waals surface area contributed by atoms with Crippen molar-refractivity contribution in [1.29, 1.82) is 5.26 Å².